The second kappa shape index (κ2) is 5.49. The molecule has 0 saturated heterocycles. The first kappa shape index (κ1) is 13.7. The summed E-state index contributed by atoms with van der Waals surface area (Å²) in [6.45, 7) is 3.98. The molecule has 0 bridgehead atoms. The Kier molecular flexibility index (Phi) is 3.96. The molecule has 0 fully saturated rings. The first-order valence-electron chi connectivity index (χ1n) is 6.22. The number of hydrogen-bond donors (Lipinski definition) is 1. The molecule has 2 aromatic rings. The van der Waals surface area contributed by atoms with Crippen LogP contribution in [0.1, 0.15) is 28.3 Å². The molecule has 2 rings (SSSR count). The predicted octanol–water partition coefficient (Wildman–Crippen LogP) is 3.89. The topological polar surface area (TPSA) is 12.0 Å². The molecule has 0 amide bonds. The Morgan fingerprint density at radius 1 is 0.947 bits per heavy atom. The van der Waals surface area contributed by atoms with Gasteiger partial charge in [-0.1, -0.05) is 29.8 Å². The third-order valence-electron chi connectivity index (χ3n) is 3.31. The molecule has 2 aromatic carbocycles. The highest BCUT2D eigenvalue weighted by Gasteiger charge is 2.18. The third-order valence-corrected chi connectivity index (χ3v) is 3.31. The number of rotatable bonds is 3. The van der Waals surface area contributed by atoms with Gasteiger partial charge in [-0.05, 0) is 38.1 Å². The fraction of sp³-hybridized carbons (Fsp3) is 0.250. The summed E-state index contributed by atoms with van der Waals surface area (Å²) >= 11 is 0. The first-order chi connectivity index (χ1) is 9.02. The standard InChI is InChI=1S/C16H17F2N/c1-10-4-5-11(2)14(8-10)16(19-3)13-7-6-12(17)9-15(13)18/h4-9,16,19H,1-3H3. The van der Waals surface area contributed by atoms with Crippen molar-refractivity contribution in [3.63, 3.8) is 0 Å². The van der Waals surface area contributed by atoms with Crippen LogP contribution in [0.5, 0.6) is 0 Å². The molecule has 19 heavy (non-hydrogen) atoms. The average Bonchev–Trinajstić information content (AvgIpc) is 2.36. The number of hydrogen-bond acceptors (Lipinski definition) is 1. The molecule has 0 saturated carbocycles. The van der Waals surface area contributed by atoms with Crippen molar-refractivity contribution >= 4 is 0 Å². The Labute approximate surface area is 112 Å². The molecule has 0 aliphatic carbocycles. The lowest BCUT2D eigenvalue weighted by Crippen LogP contribution is -2.20. The maximum atomic E-state index is 13.9. The van der Waals surface area contributed by atoms with E-state index in [4.69, 9.17) is 0 Å². The van der Waals surface area contributed by atoms with Crippen LogP contribution in [0.3, 0.4) is 0 Å². The molecule has 0 spiro atoms. The van der Waals surface area contributed by atoms with E-state index in [0.29, 0.717) is 5.56 Å². The van der Waals surface area contributed by atoms with Crippen LogP contribution in [0, 0.1) is 25.5 Å². The van der Waals surface area contributed by atoms with Crippen LogP contribution in [0.4, 0.5) is 8.78 Å². The lowest BCUT2D eigenvalue weighted by Gasteiger charge is -2.20. The summed E-state index contributed by atoms with van der Waals surface area (Å²) in [7, 11) is 1.77. The number of benzene rings is 2. The minimum Gasteiger partial charge on any atom is -0.309 e. The summed E-state index contributed by atoms with van der Waals surface area (Å²) in [6, 6.07) is 9.48. The van der Waals surface area contributed by atoms with Crippen LogP contribution in [-0.4, -0.2) is 7.05 Å². The van der Waals surface area contributed by atoms with Crippen molar-refractivity contribution in [3.8, 4) is 0 Å². The van der Waals surface area contributed by atoms with Crippen LogP contribution in [-0.2, 0) is 0 Å². The van der Waals surface area contributed by atoms with E-state index in [9.17, 15) is 8.78 Å². The molecule has 0 aliphatic rings. The van der Waals surface area contributed by atoms with Crippen molar-refractivity contribution in [2.45, 2.75) is 19.9 Å². The molecule has 0 radical (unpaired) electrons. The highest BCUT2D eigenvalue weighted by Crippen LogP contribution is 2.27. The van der Waals surface area contributed by atoms with E-state index < -0.39 is 11.6 Å². The maximum Gasteiger partial charge on any atom is 0.131 e. The molecule has 1 atom stereocenters. The van der Waals surface area contributed by atoms with Crippen molar-refractivity contribution in [3.05, 3.63) is 70.3 Å². The van der Waals surface area contributed by atoms with Crippen molar-refractivity contribution in [1.29, 1.82) is 0 Å². The summed E-state index contributed by atoms with van der Waals surface area (Å²) in [4.78, 5) is 0. The van der Waals surface area contributed by atoms with Crippen LogP contribution in [0.2, 0.25) is 0 Å². The summed E-state index contributed by atoms with van der Waals surface area (Å²) in [6.07, 6.45) is 0. The normalized spacial score (nSPS) is 12.5. The van der Waals surface area contributed by atoms with E-state index in [1.165, 1.54) is 12.1 Å². The summed E-state index contributed by atoms with van der Waals surface area (Å²) in [5.41, 5.74) is 3.66. The lowest BCUT2D eigenvalue weighted by molar-refractivity contribution is 0.551. The zero-order valence-electron chi connectivity index (χ0n) is 11.3. The van der Waals surface area contributed by atoms with Gasteiger partial charge in [0.05, 0.1) is 6.04 Å². The second-order valence-electron chi connectivity index (χ2n) is 4.75. The van der Waals surface area contributed by atoms with Crippen molar-refractivity contribution < 1.29 is 8.78 Å². The predicted molar refractivity (Wildman–Crippen MR) is 73.2 cm³/mol. The zero-order valence-corrected chi connectivity index (χ0v) is 11.3. The van der Waals surface area contributed by atoms with Gasteiger partial charge in [0.1, 0.15) is 11.6 Å². The zero-order chi connectivity index (χ0) is 14.0. The van der Waals surface area contributed by atoms with Crippen molar-refractivity contribution in [2.75, 3.05) is 7.05 Å². The second-order valence-corrected chi connectivity index (χ2v) is 4.75. The van der Waals surface area contributed by atoms with Gasteiger partial charge in [0.25, 0.3) is 0 Å². The molecular weight excluding hydrogens is 244 g/mol. The molecule has 1 nitrogen and oxygen atoms in total. The Balaban J connectivity index is 2.52. The fourth-order valence-corrected chi connectivity index (χ4v) is 2.29. The molecule has 1 unspecified atom stereocenters. The van der Waals surface area contributed by atoms with Gasteiger partial charge >= 0.3 is 0 Å². The molecule has 0 aliphatic heterocycles. The van der Waals surface area contributed by atoms with Crippen LogP contribution < -0.4 is 5.32 Å². The van der Waals surface area contributed by atoms with E-state index in [-0.39, 0.29) is 6.04 Å². The largest absolute Gasteiger partial charge is 0.309 e. The number of aryl methyl sites for hydroxylation is 2. The maximum absolute atomic E-state index is 13.9. The van der Waals surface area contributed by atoms with Gasteiger partial charge in [-0.3, -0.25) is 0 Å². The molecule has 1 N–H and O–H groups in total. The summed E-state index contributed by atoms with van der Waals surface area (Å²) in [5.74, 6) is -1.09. The minimum atomic E-state index is -0.558. The Hall–Kier alpha value is -1.74. The van der Waals surface area contributed by atoms with E-state index in [1.54, 1.807) is 7.05 Å². The van der Waals surface area contributed by atoms with Gasteiger partial charge in [0, 0.05) is 11.6 Å². The first-order valence-corrected chi connectivity index (χ1v) is 6.22. The average molecular weight is 261 g/mol. The quantitative estimate of drug-likeness (QED) is 0.883. The monoisotopic (exact) mass is 261 g/mol. The van der Waals surface area contributed by atoms with Gasteiger partial charge in [-0.2, -0.15) is 0 Å². The smallest absolute Gasteiger partial charge is 0.131 e. The van der Waals surface area contributed by atoms with Gasteiger partial charge in [0.2, 0.25) is 0 Å². The fourth-order valence-electron chi connectivity index (χ4n) is 2.29. The molecule has 0 aromatic heterocycles. The van der Waals surface area contributed by atoms with E-state index in [2.05, 4.69) is 5.32 Å². The van der Waals surface area contributed by atoms with Gasteiger partial charge in [-0.25, -0.2) is 8.78 Å². The van der Waals surface area contributed by atoms with Crippen LogP contribution in [0.25, 0.3) is 0 Å². The number of halogens is 2. The highest BCUT2D eigenvalue weighted by molar-refractivity contribution is 5.39. The Morgan fingerprint density at radius 2 is 1.68 bits per heavy atom. The highest BCUT2D eigenvalue weighted by atomic mass is 19.1. The van der Waals surface area contributed by atoms with Gasteiger partial charge in [-0.15, -0.1) is 0 Å². The van der Waals surface area contributed by atoms with Gasteiger partial charge < -0.3 is 5.32 Å². The van der Waals surface area contributed by atoms with Crippen LogP contribution >= 0.6 is 0 Å². The summed E-state index contributed by atoms with van der Waals surface area (Å²) in [5, 5.41) is 3.10. The number of nitrogens with one attached hydrogen (secondary N) is 1. The molecule has 100 valence electrons. The van der Waals surface area contributed by atoms with Crippen molar-refractivity contribution in [2.24, 2.45) is 0 Å². The summed E-state index contributed by atoms with van der Waals surface area (Å²) < 4.78 is 26.9. The minimum absolute atomic E-state index is 0.277. The SMILES string of the molecule is CNC(c1cc(C)ccc1C)c1ccc(F)cc1F. The lowest BCUT2D eigenvalue weighted by atomic mass is 9.93. The van der Waals surface area contributed by atoms with E-state index in [1.807, 2.05) is 32.0 Å². The molecular formula is C16H17F2N. The molecule has 3 heteroatoms. The third kappa shape index (κ3) is 2.82. The van der Waals surface area contributed by atoms with Crippen molar-refractivity contribution in [1.82, 2.24) is 5.32 Å². The molecule has 0 heterocycles. The van der Waals surface area contributed by atoms with Gasteiger partial charge in [0.15, 0.2) is 0 Å². The Morgan fingerprint density at radius 3 is 2.32 bits per heavy atom. The van der Waals surface area contributed by atoms with E-state index in [0.717, 1.165) is 22.8 Å². The van der Waals surface area contributed by atoms with Crippen LogP contribution in [0.15, 0.2) is 36.4 Å². The van der Waals surface area contributed by atoms with E-state index >= 15 is 0 Å². The Bertz CT molecular complexity index is 593.